The molecule has 1 fully saturated rings. The number of ketones is 1. The van der Waals surface area contributed by atoms with Crippen molar-refractivity contribution in [3.05, 3.63) is 23.4 Å². The van der Waals surface area contributed by atoms with Crippen molar-refractivity contribution in [2.45, 2.75) is 26.7 Å². The summed E-state index contributed by atoms with van der Waals surface area (Å²) in [5.74, 6) is 0.503. The van der Waals surface area contributed by atoms with Crippen LogP contribution >= 0.6 is 0 Å². The third-order valence-electron chi connectivity index (χ3n) is 3.82. The number of aryl methyl sites for hydroxylation is 1. The molecular weight excluding hydrogens is 214 g/mol. The molecule has 0 aromatic carbocycles. The molecule has 17 heavy (non-hydrogen) atoms. The molecule has 1 unspecified atom stereocenters. The third-order valence-corrected chi connectivity index (χ3v) is 3.82. The van der Waals surface area contributed by atoms with Crippen molar-refractivity contribution in [1.29, 1.82) is 0 Å². The van der Waals surface area contributed by atoms with Gasteiger partial charge in [-0.05, 0) is 37.9 Å². The van der Waals surface area contributed by atoms with Crippen LogP contribution in [0.5, 0.6) is 0 Å². The Bertz CT molecular complexity index is 416. The summed E-state index contributed by atoms with van der Waals surface area (Å²) in [4.78, 5) is 16.7. The number of carbonyl (C=O) groups excluding carboxylic acids is 1. The minimum Gasteiger partial charge on any atom is -0.383 e. The number of aromatic nitrogens is 1. The number of carbonyl (C=O) groups is 1. The molecule has 1 aliphatic rings. The van der Waals surface area contributed by atoms with Crippen LogP contribution in [0.3, 0.4) is 0 Å². The summed E-state index contributed by atoms with van der Waals surface area (Å²) in [6, 6.07) is 1.84. The van der Waals surface area contributed by atoms with E-state index < -0.39 is 0 Å². The fourth-order valence-corrected chi connectivity index (χ4v) is 2.54. The zero-order valence-electron chi connectivity index (χ0n) is 10.4. The molecule has 0 amide bonds. The van der Waals surface area contributed by atoms with E-state index in [1.807, 2.05) is 13.0 Å². The Balaban J connectivity index is 2.43. The topological polar surface area (TPSA) is 68.0 Å². The highest BCUT2D eigenvalue weighted by atomic mass is 16.1. The molecule has 0 saturated carbocycles. The molecule has 4 heteroatoms. The van der Waals surface area contributed by atoms with E-state index in [4.69, 9.17) is 5.73 Å². The quantitative estimate of drug-likeness (QED) is 0.777. The van der Waals surface area contributed by atoms with Crippen molar-refractivity contribution in [2.24, 2.45) is 5.41 Å². The van der Waals surface area contributed by atoms with Crippen LogP contribution in [-0.4, -0.2) is 23.9 Å². The van der Waals surface area contributed by atoms with E-state index in [2.05, 4.69) is 17.2 Å². The highest BCUT2D eigenvalue weighted by Gasteiger charge is 2.41. The lowest BCUT2D eigenvalue weighted by atomic mass is 9.76. The maximum atomic E-state index is 12.7. The van der Waals surface area contributed by atoms with Crippen LogP contribution in [0.25, 0.3) is 0 Å². The van der Waals surface area contributed by atoms with E-state index in [0.29, 0.717) is 11.4 Å². The van der Waals surface area contributed by atoms with Gasteiger partial charge in [-0.15, -0.1) is 0 Å². The van der Waals surface area contributed by atoms with E-state index >= 15 is 0 Å². The second-order valence-electron chi connectivity index (χ2n) is 4.78. The van der Waals surface area contributed by atoms with Crippen molar-refractivity contribution >= 4 is 11.6 Å². The zero-order chi connectivity index (χ0) is 12.5. The van der Waals surface area contributed by atoms with Crippen molar-refractivity contribution in [3.8, 4) is 0 Å². The molecule has 1 aromatic heterocycles. The smallest absolute Gasteiger partial charge is 0.174 e. The molecule has 0 spiro atoms. The van der Waals surface area contributed by atoms with Gasteiger partial charge in [-0.1, -0.05) is 6.92 Å². The number of hydrogen-bond donors (Lipinski definition) is 2. The van der Waals surface area contributed by atoms with Gasteiger partial charge in [-0.3, -0.25) is 4.79 Å². The predicted octanol–water partition coefficient (Wildman–Crippen LogP) is 1.54. The summed E-state index contributed by atoms with van der Waals surface area (Å²) in [6.07, 6.45) is 3.37. The normalized spacial score (nSPS) is 23.9. The molecule has 1 atom stereocenters. The molecule has 92 valence electrons. The number of nitrogens with two attached hydrogens (primary N) is 1. The molecule has 2 rings (SSSR count). The standard InChI is InChI=1S/C13H19N3O/c1-3-13(5-7-15-8-13)11(17)10-9(2)4-6-16-12(10)14/h4,6,15H,3,5,7-8H2,1-2H3,(H2,14,16). The molecule has 1 aromatic rings. The van der Waals surface area contributed by atoms with Crippen molar-refractivity contribution in [2.75, 3.05) is 18.8 Å². The number of rotatable bonds is 3. The number of Topliss-reactive ketones (excluding diaryl/α,β-unsaturated/α-hetero) is 1. The second kappa shape index (κ2) is 4.45. The molecule has 3 N–H and O–H groups in total. The average molecular weight is 233 g/mol. The summed E-state index contributed by atoms with van der Waals surface area (Å²) >= 11 is 0. The minimum absolute atomic E-state index is 0.146. The summed E-state index contributed by atoms with van der Waals surface area (Å²) in [6.45, 7) is 5.62. The number of nitrogen functional groups attached to an aromatic ring is 1. The molecule has 4 nitrogen and oxygen atoms in total. The number of anilines is 1. The molecule has 0 bridgehead atoms. The Morgan fingerprint density at radius 2 is 2.41 bits per heavy atom. The average Bonchev–Trinajstić information content (AvgIpc) is 2.78. The number of pyridine rings is 1. The van der Waals surface area contributed by atoms with Gasteiger partial charge in [0.15, 0.2) is 5.78 Å². The molecule has 1 aliphatic heterocycles. The van der Waals surface area contributed by atoms with Gasteiger partial charge in [0.2, 0.25) is 0 Å². The van der Waals surface area contributed by atoms with E-state index in [0.717, 1.165) is 31.5 Å². The Hall–Kier alpha value is -1.42. The summed E-state index contributed by atoms with van der Waals surface area (Å²) in [5, 5.41) is 3.27. The van der Waals surface area contributed by atoms with Crippen molar-refractivity contribution in [1.82, 2.24) is 10.3 Å². The predicted molar refractivity (Wildman–Crippen MR) is 67.9 cm³/mol. The van der Waals surface area contributed by atoms with Gasteiger partial charge < -0.3 is 11.1 Å². The number of hydrogen-bond acceptors (Lipinski definition) is 4. The number of nitrogens with zero attached hydrogens (tertiary/aromatic N) is 1. The van der Waals surface area contributed by atoms with E-state index in [1.54, 1.807) is 6.20 Å². The summed E-state index contributed by atoms with van der Waals surface area (Å²) in [7, 11) is 0. The van der Waals surface area contributed by atoms with Gasteiger partial charge in [0, 0.05) is 18.2 Å². The van der Waals surface area contributed by atoms with Crippen molar-refractivity contribution in [3.63, 3.8) is 0 Å². The first kappa shape index (κ1) is 12.0. The van der Waals surface area contributed by atoms with Gasteiger partial charge in [0.25, 0.3) is 0 Å². The Morgan fingerprint density at radius 3 is 2.94 bits per heavy atom. The molecule has 0 aliphatic carbocycles. The maximum absolute atomic E-state index is 12.7. The first-order chi connectivity index (χ1) is 8.10. The second-order valence-corrected chi connectivity index (χ2v) is 4.78. The van der Waals surface area contributed by atoms with Gasteiger partial charge in [-0.2, -0.15) is 0 Å². The lowest BCUT2D eigenvalue weighted by Crippen LogP contribution is -2.34. The Kier molecular flexibility index (Phi) is 3.15. The van der Waals surface area contributed by atoms with Gasteiger partial charge in [-0.25, -0.2) is 4.98 Å². The summed E-state index contributed by atoms with van der Waals surface area (Å²) in [5.41, 5.74) is 7.09. The van der Waals surface area contributed by atoms with E-state index in [1.165, 1.54) is 0 Å². The van der Waals surface area contributed by atoms with Gasteiger partial charge in [0.1, 0.15) is 5.82 Å². The van der Waals surface area contributed by atoms with Crippen LogP contribution in [-0.2, 0) is 0 Å². The van der Waals surface area contributed by atoms with Crippen LogP contribution in [0.1, 0.15) is 35.7 Å². The van der Waals surface area contributed by atoms with E-state index in [9.17, 15) is 4.79 Å². The van der Waals surface area contributed by atoms with Crippen LogP contribution < -0.4 is 11.1 Å². The number of nitrogens with one attached hydrogen (secondary N) is 1. The maximum Gasteiger partial charge on any atom is 0.174 e. The van der Waals surface area contributed by atoms with Crippen LogP contribution in [0.4, 0.5) is 5.82 Å². The lowest BCUT2D eigenvalue weighted by molar-refractivity contribution is 0.0810. The zero-order valence-corrected chi connectivity index (χ0v) is 10.4. The lowest BCUT2D eigenvalue weighted by Gasteiger charge is -2.26. The molecule has 2 heterocycles. The molecule has 1 saturated heterocycles. The largest absolute Gasteiger partial charge is 0.383 e. The van der Waals surface area contributed by atoms with E-state index in [-0.39, 0.29) is 11.2 Å². The van der Waals surface area contributed by atoms with Gasteiger partial charge in [0.05, 0.1) is 5.56 Å². The van der Waals surface area contributed by atoms with Crippen molar-refractivity contribution < 1.29 is 4.79 Å². The third kappa shape index (κ3) is 1.93. The fraction of sp³-hybridized carbons (Fsp3) is 0.538. The monoisotopic (exact) mass is 233 g/mol. The summed E-state index contributed by atoms with van der Waals surface area (Å²) < 4.78 is 0. The SMILES string of the molecule is CCC1(C(=O)c2c(C)ccnc2N)CCNC1. The highest BCUT2D eigenvalue weighted by Crippen LogP contribution is 2.35. The highest BCUT2D eigenvalue weighted by molar-refractivity contribution is 6.05. The molecular formula is C13H19N3O. The first-order valence-corrected chi connectivity index (χ1v) is 6.07. The minimum atomic E-state index is -0.290. The van der Waals surface area contributed by atoms with Crippen LogP contribution in [0.2, 0.25) is 0 Å². The van der Waals surface area contributed by atoms with Crippen LogP contribution in [0.15, 0.2) is 12.3 Å². The fourth-order valence-electron chi connectivity index (χ4n) is 2.54. The Labute approximate surface area is 102 Å². The van der Waals surface area contributed by atoms with Gasteiger partial charge >= 0.3 is 0 Å². The molecule has 0 radical (unpaired) electrons. The first-order valence-electron chi connectivity index (χ1n) is 6.07. The Morgan fingerprint density at radius 1 is 1.65 bits per heavy atom. The van der Waals surface area contributed by atoms with Crippen LogP contribution in [0, 0.1) is 12.3 Å².